The van der Waals surface area contributed by atoms with Crippen molar-refractivity contribution in [3.63, 3.8) is 0 Å². The van der Waals surface area contributed by atoms with Crippen LogP contribution in [0.5, 0.6) is 17.2 Å². The van der Waals surface area contributed by atoms with Gasteiger partial charge in [-0.15, -0.1) is 0 Å². The number of ether oxygens (including phenoxy) is 3. The molecule has 0 fully saturated rings. The summed E-state index contributed by atoms with van der Waals surface area (Å²) in [5.74, 6) is 1.89. The topological polar surface area (TPSA) is 124 Å². The average Bonchev–Trinajstić information content (AvgIpc) is 2.76. The van der Waals surface area contributed by atoms with Crippen LogP contribution in [0.2, 0.25) is 5.02 Å². The van der Waals surface area contributed by atoms with Crippen molar-refractivity contribution >= 4 is 50.5 Å². The Labute approximate surface area is 197 Å². The summed E-state index contributed by atoms with van der Waals surface area (Å²) in [5.41, 5.74) is 2.20. The maximum atomic E-state index is 11.8. The predicted molar refractivity (Wildman–Crippen MR) is 129 cm³/mol. The van der Waals surface area contributed by atoms with E-state index in [9.17, 15) is 8.42 Å². The number of hydrogen-bond donors (Lipinski definition) is 3. The monoisotopic (exact) mass is 493 g/mol. The highest BCUT2D eigenvalue weighted by molar-refractivity contribution is 7.92. The zero-order chi connectivity index (χ0) is 24.2. The molecule has 0 atom stereocenters. The van der Waals surface area contributed by atoms with Crippen molar-refractivity contribution in [1.29, 1.82) is 0 Å². The van der Waals surface area contributed by atoms with E-state index in [-0.39, 0.29) is 16.8 Å². The summed E-state index contributed by atoms with van der Waals surface area (Å²) < 4.78 is 42.2. The van der Waals surface area contributed by atoms with Crippen molar-refractivity contribution in [3.05, 3.63) is 47.1 Å². The molecule has 0 unspecified atom stereocenters. The number of sulfonamides is 1. The molecule has 0 aliphatic carbocycles. The van der Waals surface area contributed by atoms with Crippen LogP contribution >= 0.6 is 11.6 Å². The lowest BCUT2D eigenvalue weighted by Gasteiger charge is -2.17. The number of methoxy groups -OCH3 is 3. The van der Waals surface area contributed by atoms with Gasteiger partial charge in [-0.1, -0.05) is 23.7 Å². The van der Waals surface area contributed by atoms with E-state index >= 15 is 0 Å². The molecule has 1 heterocycles. The molecule has 0 radical (unpaired) electrons. The molecule has 0 saturated carbocycles. The van der Waals surface area contributed by atoms with E-state index in [1.165, 1.54) is 27.5 Å². The smallest absolute Gasteiger partial charge is 0.229 e. The maximum Gasteiger partial charge on any atom is 0.229 e. The SMILES string of the molecule is COc1cc(Nc2ncc(Cl)c(Nc3cccc(C)c3NS(C)(=O)=O)n2)cc(OC)c1OC. The Morgan fingerprint density at radius 2 is 1.67 bits per heavy atom. The van der Waals surface area contributed by atoms with Gasteiger partial charge in [0.2, 0.25) is 21.7 Å². The van der Waals surface area contributed by atoms with Gasteiger partial charge in [0.1, 0.15) is 5.02 Å². The van der Waals surface area contributed by atoms with Crippen LogP contribution in [0.15, 0.2) is 36.5 Å². The predicted octanol–water partition coefficient (Wildman–Crippen LogP) is 4.32. The van der Waals surface area contributed by atoms with E-state index in [0.717, 1.165) is 11.8 Å². The van der Waals surface area contributed by atoms with Crippen LogP contribution in [0.3, 0.4) is 0 Å². The quantitative estimate of drug-likeness (QED) is 0.399. The molecular formula is C21H24ClN5O5S. The first-order chi connectivity index (χ1) is 15.6. The second kappa shape index (κ2) is 10.0. The van der Waals surface area contributed by atoms with Crippen LogP contribution in [-0.2, 0) is 10.0 Å². The molecule has 0 bridgehead atoms. The number of rotatable bonds is 9. The molecular weight excluding hydrogens is 470 g/mol. The van der Waals surface area contributed by atoms with E-state index in [1.54, 1.807) is 37.3 Å². The second-order valence-corrected chi connectivity index (χ2v) is 9.08. The number of benzene rings is 2. The third-order valence-electron chi connectivity index (χ3n) is 4.48. The highest BCUT2D eigenvalue weighted by Gasteiger charge is 2.16. The Balaban J connectivity index is 1.94. The molecule has 0 aliphatic rings. The normalized spacial score (nSPS) is 11.0. The van der Waals surface area contributed by atoms with Crippen molar-refractivity contribution in [1.82, 2.24) is 9.97 Å². The lowest BCUT2D eigenvalue weighted by molar-refractivity contribution is 0.324. The Morgan fingerprint density at radius 3 is 2.24 bits per heavy atom. The first-order valence-electron chi connectivity index (χ1n) is 9.59. The fraction of sp³-hybridized carbons (Fsp3) is 0.238. The molecule has 2 aromatic carbocycles. The molecule has 3 rings (SSSR count). The van der Waals surface area contributed by atoms with Gasteiger partial charge in [0.05, 0.1) is 45.2 Å². The van der Waals surface area contributed by atoms with Crippen molar-refractivity contribution in [2.24, 2.45) is 0 Å². The fourth-order valence-electron chi connectivity index (χ4n) is 3.02. The van der Waals surface area contributed by atoms with Crippen LogP contribution in [0.4, 0.5) is 28.8 Å². The highest BCUT2D eigenvalue weighted by atomic mass is 35.5. The van der Waals surface area contributed by atoms with E-state index in [0.29, 0.717) is 34.3 Å². The summed E-state index contributed by atoms with van der Waals surface area (Å²) in [7, 11) is 1.06. The number of nitrogens with zero attached hydrogens (tertiary/aromatic N) is 2. The molecule has 33 heavy (non-hydrogen) atoms. The molecule has 176 valence electrons. The summed E-state index contributed by atoms with van der Waals surface area (Å²) in [4.78, 5) is 8.64. The minimum atomic E-state index is -3.49. The number of aryl methyl sites for hydroxylation is 1. The Hall–Kier alpha value is -3.44. The largest absolute Gasteiger partial charge is 0.493 e. The Morgan fingerprint density at radius 1 is 1.00 bits per heavy atom. The first-order valence-corrected chi connectivity index (χ1v) is 11.9. The van der Waals surface area contributed by atoms with Crippen molar-refractivity contribution in [2.45, 2.75) is 6.92 Å². The third-order valence-corrected chi connectivity index (χ3v) is 5.33. The van der Waals surface area contributed by atoms with E-state index < -0.39 is 10.0 Å². The molecule has 10 nitrogen and oxygen atoms in total. The van der Waals surface area contributed by atoms with Crippen LogP contribution in [0, 0.1) is 6.92 Å². The van der Waals surface area contributed by atoms with Crippen LogP contribution in [-0.4, -0.2) is 46.0 Å². The molecule has 0 aliphatic heterocycles. The van der Waals surface area contributed by atoms with Gasteiger partial charge < -0.3 is 24.8 Å². The van der Waals surface area contributed by atoms with Gasteiger partial charge in [0.15, 0.2) is 17.3 Å². The Bertz CT molecular complexity index is 1240. The highest BCUT2D eigenvalue weighted by Crippen LogP contribution is 2.40. The summed E-state index contributed by atoms with van der Waals surface area (Å²) in [6.45, 7) is 1.79. The number of anilines is 5. The van der Waals surface area contributed by atoms with Gasteiger partial charge in [-0.3, -0.25) is 4.72 Å². The minimum absolute atomic E-state index is 0.237. The fourth-order valence-corrected chi connectivity index (χ4v) is 3.80. The number of halogens is 1. The zero-order valence-electron chi connectivity index (χ0n) is 18.7. The van der Waals surface area contributed by atoms with Crippen molar-refractivity contribution < 1.29 is 22.6 Å². The van der Waals surface area contributed by atoms with Crippen LogP contribution < -0.4 is 29.6 Å². The number of hydrogen-bond acceptors (Lipinski definition) is 9. The maximum absolute atomic E-state index is 11.8. The Kier molecular flexibility index (Phi) is 7.34. The number of aromatic nitrogens is 2. The second-order valence-electron chi connectivity index (χ2n) is 6.93. The van der Waals surface area contributed by atoms with Gasteiger partial charge in [0, 0.05) is 17.8 Å². The molecule has 3 aromatic rings. The van der Waals surface area contributed by atoms with E-state index in [1.807, 2.05) is 0 Å². The summed E-state index contributed by atoms with van der Waals surface area (Å²) in [6.07, 6.45) is 2.51. The van der Waals surface area contributed by atoms with Gasteiger partial charge in [0.25, 0.3) is 0 Å². The van der Waals surface area contributed by atoms with Crippen molar-refractivity contribution in [3.8, 4) is 17.2 Å². The molecule has 0 amide bonds. The summed E-state index contributed by atoms with van der Waals surface area (Å²) in [5, 5.41) is 6.40. The molecule has 1 aromatic heterocycles. The average molecular weight is 494 g/mol. The van der Waals surface area contributed by atoms with Gasteiger partial charge in [-0.25, -0.2) is 13.4 Å². The first kappa shape index (κ1) is 24.2. The van der Waals surface area contributed by atoms with Crippen LogP contribution in [0.1, 0.15) is 5.56 Å². The summed E-state index contributed by atoms with van der Waals surface area (Å²) in [6, 6.07) is 8.71. The standard InChI is InChI=1S/C21H24ClN5O5S/c1-12-7-6-8-15(18(12)27-33(5,28)29)25-20-14(22)11-23-21(26-20)24-13-9-16(30-2)19(32-4)17(10-13)31-3/h6-11,27H,1-5H3,(H2,23,24,25,26). The number of para-hydroxylation sites is 1. The molecule has 12 heteroatoms. The van der Waals surface area contributed by atoms with Gasteiger partial charge >= 0.3 is 0 Å². The molecule has 0 saturated heterocycles. The van der Waals surface area contributed by atoms with Gasteiger partial charge in [-0.05, 0) is 18.6 Å². The van der Waals surface area contributed by atoms with E-state index in [4.69, 9.17) is 25.8 Å². The van der Waals surface area contributed by atoms with E-state index in [2.05, 4.69) is 25.3 Å². The summed E-state index contributed by atoms with van der Waals surface area (Å²) >= 11 is 6.30. The molecule has 3 N–H and O–H groups in total. The van der Waals surface area contributed by atoms with Crippen molar-refractivity contribution in [2.75, 3.05) is 42.9 Å². The molecule has 0 spiro atoms. The third kappa shape index (κ3) is 5.88. The minimum Gasteiger partial charge on any atom is -0.493 e. The van der Waals surface area contributed by atoms with Crippen LogP contribution in [0.25, 0.3) is 0 Å². The lowest BCUT2D eigenvalue weighted by atomic mass is 10.2. The van der Waals surface area contributed by atoms with Gasteiger partial charge in [-0.2, -0.15) is 4.98 Å². The lowest BCUT2D eigenvalue weighted by Crippen LogP contribution is -2.12. The number of nitrogens with one attached hydrogen (secondary N) is 3. The zero-order valence-corrected chi connectivity index (χ0v) is 20.3.